The monoisotopic (exact) mass is 306 g/mol. The third-order valence-electron chi connectivity index (χ3n) is 4.21. The summed E-state index contributed by atoms with van der Waals surface area (Å²) in [6, 6.07) is 1.53. The first-order valence-corrected chi connectivity index (χ1v) is 7.44. The van der Waals surface area contributed by atoms with Crippen LogP contribution >= 0.6 is 0 Å². The first kappa shape index (κ1) is 17.7. The van der Waals surface area contributed by atoms with Crippen LogP contribution in [-0.4, -0.2) is 47.1 Å². The molecule has 25 heavy (non-hydrogen) atoms. The fraction of sp³-hybridized carbons (Fsp3) is 0. The number of rotatable bonds is 3. The van der Waals surface area contributed by atoms with Crippen LogP contribution in [0.4, 0.5) is 0 Å². The Balaban J connectivity index is 2.64. The Morgan fingerprint density at radius 3 is 2.04 bits per heavy atom. The van der Waals surface area contributed by atoms with E-state index in [1.54, 1.807) is 18.2 Å². The van der Waals surface area contributed by atoms with E-state index in [9.17, 15) is 0 Å². The van der Waals surface area contributed by atoms with Crippen molar-refractivity contribution >= 4 is 107 Å². The third-order valence-corrected chi connectivity index (χ3v) is 4.21. The second-order valence-corrected chi connectivity index (χ2v) is 5.66. The van der Waals surface area contributed by atoms with E-state index in [0.29, 0.717) is 54.9 Å². The maximum atomic E-state index is 6.42. The van der Waals surface area contributed by atoms with Crippen molar-refractivity contribution in [3.05, 3.63) is 43.0 Å². The zero-order valence-corrected chi connectivity index (χ0v) is 13.6. The Kier molecular flexibility index (Phi) is 4.45. The lowest BCUT2D eigenvalue weighted by Crippen LogP contribution is -2.36. The summed E-state index contributed by atoms with van der Waals surface area (Å²) in [6.45, 7) is 7.47. The van der Waals surface area contributed by atoms with Crippen LogP contribution in [0.5, 0.6) is 0 Å². The normalized spacial score (nSPS) is 11.9. The largest absolute Gasteiger partial charge is 0.457 e. The minimum atomic E-state index is 0.240. The van der Waals surface area contributed by atoms with Gasteiger partial charge < -0.3 is 4.42 Å². The van der Waals surface area contributed by atoms with E-state index < -0.39 is 0 Å². The number of fused-ring (bicyclic) bond motifs is 3. The SMILES string of the molecule is [B]c1cc([B])c2oc3c([B])c([B])c(/C(C=C)=C/C=C)c([B])c3c2c1[B]. The molecule has 1 aromatic heterocycles. The molecule has 0 amide bonds. The summed E-state index contributed by atoms with van der Waals surface area (Å²) in [4.78, 5) is 0. The van der Waals surface area contributed by atoms with Crippen LogP contribution in [-0.2, 0) is 0 Å². The molecular formula is C18H8B6O. The molecule has 0 N–H and O–H groups in total. The van der Waals surface area contributed by atoms with Crippen LogP contribution in [0.2, 0.25) is 0 Å². The number of hydrogen-bond donors (Lipinski definition) is 0. The first-order chi connectivity index (χ1) is 11.8. The summed E-state index contributed by atoms with van der Waals surface area (Å²) in [5, 5.41) is 1.03. The van der Waals surface area contributed by atoms with Crippen molar-refractivity contribution in [2.24, 2.45) is 0 Å². The van der Waals surface area contributed by atoms with E-state index in [0.717, 1.165) is 0 Å². The van der Waals surface area contributed by atoms with Gasteiger partial charge in [-0.15, -0.1) is 5.46 Å². The molecule has 0 unspecified atom stereocenters. The molecule has 0 aliphatic heterocycles. The van der Waals surface area contributed by atoms with Crippen molar-refractivity contribution in [1.29, 1.82) is 0 Å². The lowest BCUT2D eigenvalue weighted by molar-refractivity contribution is 0.674. The van der Waals surface area contributed by atoms with Gasteiger partial charge in [0.05, 0.1) is 0 Å². The van der Waals surface area contributed by atoms with Gasteiger partial charge in [0.15, 0.2) is 0 Å². The van der Waals surface area contributed by atoms with E-state index in [4.69, 9.17) is 51.5 Å². The lowest BCUT2D eigenvalue weighted by atomic mass is 9.68. The minimum Gasteiger partial charge on any atom is -0.457 e. The molecule has 0 spiro atoms. The second kappa shape index (κ2) is 6.29. The average molecular weight is 305 g/mol. The van der Waals surface area contributed by atoms with Crippen LogP contribution in [0.1, 0.15) is 5.56 Å². The van der Waals surface area contributed by atoms with Crippen molar-refractivity contribution in [1.82, 2.24) is 0 Å². The molecule has 104 valence electrons. The molecule has 3 rings (SSSR count). The fourth-order valence-electron chi connectivity index (χ4n) is 3.01. The quantitative estimate of drug-likeness (QED) is 0.407. The summed E-state index contributed by atoms with van der Waals surface area (Å²) in [7, 11) is 36.9. The predicted molar refractivity (Wildman–Crippen MR) is 114 cm³/mol. The van der Waals surface area contributed by atoms with Gasteiger partial charge >= 0.3 is 0 Å². The van der Waals surface area contributed by atoms with E-state index in [-0.39, 0.29) is 10.9 Å². The Hall–Kier alpha value is -2.15. The molecule has 3 aromatic rings. The number of allylic oxidation sites excluding steroid dienone is 4. The molecule has 7 heteroatoms. The number of furan rings is 1. The van der Waals surface area contributed by atoms with Gasteiger partial charge in [0, 0.05) is 10.8 Å². The molecule has 1 heterocycles. The van der Waals surface area contributed by atoms with Crippen molar-refractivity contribution in [3.63, 3.8) is 0 Å². The van der Waals surface area contributed by atoms with Crippen LogP contribution < -0.4 is 32.8 Å². The Morgan fingerprint density at radius 1 is 0.800 bits per heavy atom. The molecule has 0 fully saturated rings. The maximum Gasteiger partial charge on any atom is 0.127 e. The van der Waals surface area contributed by atoms with Gasteiger partial charge in [-0.3, -0.25) is 0 Å². The van der Waals surface area contributed by atoms with E-state index in [2.05, 4.69) is 13.2 Å². The maximum absolute atomic E-state index is 6.42. The molecular weight excluding hydrogens is 297 g/mol. The van der Waals surface area contributed by atoms with Crippen molar-refractivity contribution < 1.29 is 4.42 Å². The molecule has 0 aliphatic rings. The molecule has 0 atom stereocenters. The zero-order chi connectivity index (χ0) is 18.5. The molecule has 0 saturated carbocycles. The van der Waals surface area contributed by atoms with Gasteiger partial charge in [-0.1, -0.05) is 64.8 Å². The Morgan fingerprint density at radius 2 is 1.44 bits per heavy atom. The van der Waals surface area contributed by atoms with Crippen LogP contribution in [0, 0.1) is 0 Å². The third kappa shape index (κ3) is 2.49. The zero-order valence-electron chi connectivity index (χ0n) is 13.6. The first-order valence-electron chi connectivity index (χ1n) is 7.44. The average Bonchev–Trinajstić information content (AvgIpc) is 2.98. The van der Waals surface area contributed by atoms with Crippen molar-refractivity contribution in [2.75, 3.05) is 0 Å². The fourth-order valence-corrected chi connectivity index (χ4v) is 3.01. The van der Waals surface area contributed by atoms with Gasteiger partial charge in [0.2, 0.25) is 0 Å². The van der Waals surface area contributed by atoms with Crippen LogP contribution in [0.25, 0.3) is 27.5 Å². The molecule has 1 nitrogen and oxygen atoms in total. The van der Waals surface area contributed by atoms with Crippen molar-refractivity contribution in [2.45, 2.75) is 0 Å². The summed E-state index contributed by atoms with van der Waals surface area (Å²) in [5.41, 5.74) is 3.74. The standard InChI is InChI=1S/C18H8B6O/c1-3-5-7(4-2)10-14(22)12-11-13(21)8(19)6-9(20)17(11)25-18(12)16(24)15(10)23/h3-6H,1-2H2/b7-5+. The van der Waals surface area contributed by atoms with Gasteiger partial charge in [-0.05, 0) is 11.1 Å². The molecule has 0 saturated heterocycles. The topological polar surface area (TPSA) is 13.1 Å². The van der Waals surface area contributed by atoms with Gasteiger partial charge in [-0.25, -0.2) is 0 Å². The highest BCUT2D eigenvalue weighted by molar-refractivity contribution is 6.62. The Bertz CT molecular complexity index is 1090. The molecule has 0 aliphatic carbocycles. The summed E-state index contributed by atoms with van der Waals surface area (Å²) < 4.78 is 5.83. The van der Waals surface area contributed by atoms with Gasteiger partial charge in [0.1, 0.15) is 58.2 Å². The number of benzene rings is 2. The molecule has 12 radical (unpaired) electrons. The predicted octanol–water partition coefficient (Wildman–Crippen LogP) is -1.90. The molecule has 0 bridgehead atoms. The van der Waals surface area contributed by atoms with E-state index in [1.807, 2.05) is 0 Å². The highest BCUT2D eigenvalue weighted by atomic mass is 16.3. The summed E-state index contributed by atoms with van der Waals surface area (Å²) in [5.74, 6) is 0. The summed E-state index contributed by atoms with van der Waals surface area (Å²) >= 11 is 0. The van der Waals surface area contributed by atoms with Crippen LogP contribution in [0.15, 0.2) is 41.9 Å². The molecule has 2 aromatic carbocycles. The van der Waals surface area contributed by atoms with Crippen molar-refractivity contribution in [3.8, 4) is 0 Å². The highest BCUT2D eigenvalue weighted by Crippen LogP contribution is 2.25. The van der Waals surface area contributed by atoms with Gasteiger partial charge in [0.25, 0.3) is 0 Å². The van der Waals surface area contributed by atoms with Gasteiger partial charge in [-0.2, -0.15) is 0 Å². The Labute approximate surface area is 155 Å². The minimum absolute atomic E-state index is 0.240. The smallest absolute Gasteiger partial charge is 0.127 e. The summed E-state index contributed by atoms with van der Waals surface area (Å²) in [6.07, 6.45) is 4.95. The lowest BCUT2D eigenvalue weighted by Gasteiger charge is -2.17. The van der Waals surface area contributed by atoms with E-state index >= 15 is 0 Å². The second-order valence-electron chi connectivity index (χ2n) is 5.66. The van der Waals surface area contributed by atoms with Crippen LogP contribution in [0.3, 0.4) is 0 Å². The van der Waals surface area contributed by atoms with E-state index in [1.165, 1.54) is 6.07 Å². The number of hydrogen-bond acceptors (Lipinski definition) is 1. The highest BCUT2D eigenvalue weighted by Gasteiger charge is 2.20.